The Morgan fingerprint density at radius 2 is 2.14 bits per heavy atom. The minimum absolute atomic E-state index is 0.0215. The van der Waals surface area contributed by atoms with Gasteiger partial charge in [-0.3, -0.25) is 4.79 Å². The lowest BCUT2D eigenvalue weighted by molar-refractivity contribution is -0.119. The predicted octanol–water partition coefficient (Wildman–Crippen LogP) is 3.94. The molecule has 0 aliphatic carbocycles. The Hall–Kier alpha value is -1.40. The Labute approximate surface area is 139 Å². The van der Waals surface area contributed by atoms with Crippen molar-refractivity contribution < 1.29 is 4.79 Å². The number of thioether (sulfide) groups is 1. The molecule has 22 heavy (non-hydrogen) atoms. The highest BCUT2D eigenvalue weighted by Crippen LogP contribution is 2.21. The van der Waals surface area contributed by atoms with Crippen LogP contribution in [0.15, 0.2) is 28.6 Å². The summed E-state index contributed by atoms with van der Waals surface area (Å²) in [6.07, 6.45) is 0. The zero-order valence-electron chi connectivity index (χ0n) is 13.3. The Morgan fingerprint density at radius 1 is 1.36 bits per heavy atom. The first-order valence-corrected chi connectivity index (χ1v) is 9.13. The van der Waals surface area contributed by atoms with Crippen molar-refractivity contribution in [1.29, 1.82) is 0 Å². The highest BCUT2D eigenvalue weighted by atomic mass is 32.2. The minimum Gasteiger partial charge on any atom is -0.348 e. The van der Waals surface area contributed by atoms with E-state index in [4.69, 9.17) is 0 Å². The van der Waals surface area contributed by atoms with Gasteiger partial charge in [0.1, 0.15) is 10.9 Å². The van der Waals surface area contributed by atoms with E-state index >= 15 is 0 Å². The van der Waals surface area contributed by atoms with Crippen LogP contribution in [0.3, 0.4) is 0 Å². The zero-order chi connectivity index (χ0) is 16.1. The summed E-state index contributed by atoms with van der Waals surface area (Å²) in [5.41, 5.74) is 0.938. The number of aromatic nitrogens is 2. The second kappa shape index (κ2) is 7.74. The fourth-order valence-electron chi connectivity index (χ4n) is 1.93. The van der Waals surface area contributed by atoms with E-state index in [0.29, 0.717) is 5.75 Å². The normalized spacial score (nSPS) is 12.4. The van der Waals surface area contributed by atoms with E-state index in [1.54, 1.807) is 11.3 Å². The third kappa shape index (κ3) is 4.81. The number of hydrogen-bond acceptors (Lipinski definition) is 5. The van der Waals surface area contributed by atoms with Crippen LogP contribution < -0.4 is 5.32 Å². The van der Waals surface area contributed by atoms with Crippen LogP contribution in [0.2, 0.25) is 0 Å². The molecule has 118 valence electrons. The number of aryl methyl sites for hydroxylation is 1. The smallest absolute Gasteiger partial charge is 0.230 e. The van der Waals surface area contributed by atoms with Crippen LogP contribution in [-0.4, -0.2) is 21.6 Å². The maximum Gasteiger partial charge on any atom is 0.230 e. The first-order chi connectivity index (χ1) is 10.5. The number of nitrogens with one attached hydrogen (secondary N) is 1. The van der Waals surface area contributed by atoms with Gasteiger partial charge in [0, 0.05) is 16.5 Å². The van der Waals surface area contributed by atoms with Crippen molar-refractivity contribution in [3.63, 3.8) is 0 Å². The third-order valence-corrected chi connectivity index (χ3v) is 5.03. The molecule has 0 saturated carbocycles. The molecule has 0 aliphatic rings. The average Bonchev–Trinajstić information content (AvgIpc) is 2.98. The van der Waals surface area contributed by atoms with Crippen LogP contribution in [0.4, 0.5) is 0 Å². The van der Waals surface area contributed by atoms with Gasteiger partial charge in [0.15, 0.2) is 0 Å². The SMILES string of the molecule is Cc1cc(SCC(=O)N[C@H](C)c2cccs2)nc(C(C)C)n1. The fraction of sp³-hybridized carbons (Fsp3) is 0.438. The lowest BCUT2D eigenvalue weighted by atomic mass is 10.2. The van der Waals surface area contributed by atoms with E-state index in [0.717, 1.165) is 16.5 Å². The summed E-state index contributed by atoms with van der Waals surface area (Å²) >= 11 is 3.11. The van der Waals surface area contributed by atoms with Crippen molar-refractivity contribution in [1.82, 2.24) is 15.3 Å². The molecule has 0 fully saturated rings. The number of hydrogen-bond donors (Lipinski definition) is 1. The van der Waals surface area contributed by atoms with Gasteiger partial charge in [0.05, 0.1) is 11.8 Å². The summed E-state index contributed by atoms with van der Waals surface area (Å²) in [5, 5.41) is 5.89. The molecule has 0 bridgehead atoms. The summed E-state index contributed by atoms with van der Waals surface area (Å²) in [6, 6.07) is 6.00. The van der Waals surface area contributed by atoms with Gasteiger partial charge in [-0.2, -0.15) is 0 Å². The molecule has 6 heteroatoms. The Morgan fingerprint density at radius 3 is 2.77 bits per heavy atom. The molecule has 0 radical (unpaired) electrons. The molecule has 0 saturated heterocycles. The van der Waals surface area contributed by atoms with E-state index in [9.17, 15) is 4.79 Å². The topological polar surface area (TPSA) is 54.9 Å². The van der Waals surface area contributed by atoms with Gasteiger partial charge >= 0.3 is 0 Å². The number of thiophene rings is 1. The summed E-state index contributed by atoms with van der Waals surface area (Å²) in [5.74, 6) is 1.50. The number of nitrogens with zero attached hydrogens (tertiary/aromatic N) is 2. The largest absolute Gasteiger partial charge is 0.348 e. The van der Waals surface area contributed by atoms with Crippen LogP contribution in [0, 0.1) is 6.92 Å². The van der Waals surface area contributed by atoms with Crippen LogP contribution in [0.25, 0.3) is 0 Å². The predicted molar refractivity (Wildman–Crippen MR) is 92.5 cm³/mol. The lowest BCUT2D eigenvalue weighted by Crippen LogP contribution is -2.27. The van der Waals surface area contributed by atoms with E-state index in [1.807, 2.05) is 37.4 Å². The van der Waals surface area contributed by atoms with Crippen LogP contribution in [0.5, 0.6) is 0 Å². The molecule has 0 unspecified atom stereocenters. The molecule has 0 aromatic carbocycles. The van der Waals surface area contributed by atoms with Gasteiger partial charge in [-0.1, -0.05) is 31.7 Å². The third-order valence-electron chi connectivity index (χ3n) is 3.06. The average molecular weight is 335 g/mol. The second-order valence-electron chi connectivity index (χ2n) is 5.45. The molecule has 1 N–H and O–H groups in total. The molecule has 0 spiro atoms. The van der Waals surface area contributed by atoms with E-state index in [1.165, 1.54) is 16.6 Å². The maximum absolute atomic E-state index is 12.1. The highest BCUT2D eigenvalue weighted by Gasteiger charge is 2.12. The minimum atomic E-state index is 0.0215. The van der Waals surface area contributed by atoms with E-state index in [2.05, 4.69) is 29.1 Å². The quantitative estimate of drug-likeness (QED) is 0.642. The fourth-order valence-corrected chi connectivity index (χ4v) is 3.43. The van der Waals surface area contributed by atoms with Gasteiger partial charge < -0.3 is 5.32 Å². The van der Waals surface area contributed by atoms with Crippen molar-refractivity contribution >= 4 is 29.0 Å². The molecule has 0 aliphatic heterocycles. The maximum atomic E-state index is 12.1. The Bertz CT molecular complexity index is 626. The molecule has 2 heterocycles. The molecular weight excluding hydrogens is 314 g/mol. The molecule has 1 amide bonds. The van der Waals surface area contributed by atoms with Gasteiger partial charge in [-0.25, -0.2) is 9.97 Å². The van der Waals surface area contributed by atoms with Crippen LogP contribution >= 0.6 is 23.1 Å². The molecule has 4 nitrogen and oxygen atoms in total. The van der Waals surface area contributed by atoms with E-state index in [-0.39, 0.29) is 17.9 Å². The van der Waals surface area contributed by atoms with Gasteiger partial charge in [-0.05, 0) is 31.4 Å². The number of amides is 1. The molecule has 2 aromatic heterocycles. The molecule has 2 aromatic rings. The molecular formula is C16H21N3OS2. The van der Waals surface area contributed by atoms with Crippen molar-refractivity contribution in [2.45, 2.75) is 44.7 Å². The monoisotopic (exact) mass is 335 g/mol. The van der Waals surface area contributed by atoms with Gasteiger partial charge in [0.25, 0.3) is 0 Å². The Kier molecular flexibility index (Phi) is 5.97. The van der Waals surface area contributed by atoms with Crippen molar-refractivity contribution in [3.05, 3.63) is 40.0 Å². The van der Waals surface area contributed by atoms with Gasteiger partial charge in [-0.15, -0.1) is 11.3 Å². The number of carbonyl (C=O) groups excluding carboxylic acids is 1. The van der Waals surface area contributed by atoms with Crippen LogP contribution in [0.1, 0.15) is 49.1 Å². The number of rotatable bonds is 6. The van der Waals surface area contributed by atoms with Crippen molar-refractivity contribution in [2.24, 2.45) is 0 Å². The Balaban J connectivity index is 1.91. The second-order valence-corrected chi connectivity index (χ2v) is 7.43. The summed E-state index contributed by atoms with van der Waals surface area (Å²) in [6.45, 7) is 8.09. The lowest BCUT2D eigenvalue weighted by Gasteiger charge is -2.12. The molecule has 1 atom stereocenters. The first kappa shape index (κ1) is 17.0. The first-order valence-electron chi connectivity index (χ1n) is 7.27. The van der Waals surface area contributed by atoms with Crippen molar-refractivity contribution in [2.75, 3.05) is 5.75 Å². The zero-order valence-corrected chi connectivity index (χ0v) is 14.9. The van der Waals surface area contributed by atoms with Gasteiger partial charge in [0.2, 0.25) is 5.91 Å². The summed E-state index contributed by atoms with van der Waals surface area (Å²) < 4.78 is 0. The number of carbonyl (C=O) groups is 1. The standard InChI is InChI=1S/C16H21N3OS2/c1-10(2)16-17-11(3)8-15(19-16)22-9-14(20)18-12(4)13-6-5-7-21-13/h5-8,10,12H,9H2,1-4H3,(H,18,20)/t12-/m1/s1. The highest BCUT2D eigenvalue weighted by molar-refractivity contribution is 7.99. The van der Waals surface area contributed by atoms with Crippen molar-refractivity contribution in [3.8, 4) is 0 Å². The van der Waals surface area contributed by atoms with Crippen LogP contribution in [-0.2, 0) is 4.79 Å². The molecule has 2 rings (SSSR count). The summed E-state index contributed by atoms with van der Waals surface area (Å²) in [4.78, 5) is 22.1. The van der Waals surface area contributed by atoms with E-state index < -0.39 is 0 Å². The summed E-state index contributed by atoms with van der Waals surface area (Å²) in [7, 11) is 0.